The summed E-state index contributed by atoms with van der Waals surface area (Å²) in [5, 5.41) is 15.8. The van der Waals surface area contributed by atoms with Crippen LogP contribution in [0.3, 0.4) is 0 Å². The van der Waals surface area contributed by atoms with Crippen LogP contribution >= 0.6 is 22.7 Å². The van der Waals surface area contributed by atoms with Crippen molar-refractivity contribution in [1.29, 1.82) is 0 Å². The Kier molecular flexibility index (Phi) is 2.49. The highest BCUT2D eigenvalue weighted by Crippen LogP contribution is 2.51. The number of aliphatic hydroxyl groups is 1. The molecular formula is C15H17NOS2. The summed E-state index contributed by atoms with van der Waals surface area (Å²) < 4.78 is 0. The lowest BCUT2D eigenvalue weighted by atomic mass is 9.71. The Morgan fingerprint density at radius 1 is 1.16 bits per heavy atom. The highest BCUT2D eigenvalue weighted by atomic mass is 32.1. The van der Waals surface area contributed by atoms with Crippen molar-refractivity contribution in [3.63, 3.8) is 0 Å². The van der Waals surface area contributed by atoms with Gasteiger partial charge in [0.25, 0.3) is 0 Å². The van der Waals surface area contributed by atoms with Crippen molar-refractivity contribution in [2.24, 2.45) is 5.92 Å². The molecule has 0 amide bonds. The first-order valence-electron chi connectivity index (χ1n) is 6.72. The molecule has 2 aromatic rings. The fraction of sp³-hybridized carbons (Fsp3) is 0.467. The van der Waals surface area contributed by atoms with Gasteiger partial charge < -0.3 is 5.11 Å². The second-order valence-corrected chi connectivity index (χ2v) is 7.88. The minimum Gasteiger partial charge on any atom is -0.379 e. The smallest absolute Gasteiger partial charge is 0.133 e. The fourth-order valence-corrected chi connectivity index (χ4v) is 5.78. The molecule has 0 aliphatic carbocycles. The van der Waals surface area contributed by atoms with Crippen molar-refractivity contribution in [3.05, 3.63) is 43.8 Å². The molecule has 4 rings (SSSR count). The molecule has 0 aromatic carbocycles. The molecule has 2 bridgehead atoms. The highest BCUT2D eigenvalue weighted by molar-refractivity contribution is 7.10. The van der Waals surface area contributed by atoms with E-state index in [-0.39, 0.29) is 6.04 Å². The molecule has 2 aromatic heterocycles. The van der Waals surface area contributed by atoms with Crippen LogP contribution in [0.25, 0.3) is 0 Å². The van der Waals surface area contributed by atoms with E-state index < -0.39 is 5.60 Å². The van der Waals surface area contributed by atoms with Crippen LogP contribution in [0.2, 0.25) is 0 Å². The summed E-state index contributed by atoms with van der Waals surface area (Å²) in [7, 11) is 0. The number of hydrogen-bond donors (Lipinski definition) is 1. The molecule has 1 atom stereocenters. The lowest BCUT2D eigenvalue weighted by molar-refractivity contribution is -0.0729. The van der Waals surface area contributed by atoms with Gasteiger partial charge >= 0.3 is 0 Å². The summed E-state index contributed by atoms with van der Waals surface area (Å²) in [4.78, 5) is 5.12. The number of fused-ring (bicyclic) bond motifs is 6. The van der Waals surface area contributed by atoms with E-state index in [9.17, 15) is 5.11 Å². The molecule has 4 heterocycles. The van der Waals surface area contributed by atoms with Gasteiger partial charge in [-0.3, -0.25) is 4.90 Å². The van der Waals surface area contributed by atoms with E-state index in [2.05, 4.69) is 41.6 Å². The summed E-state index contributed by atoms with van der Waals surface area (Å²) in [5.74, 6) is 0.436. The molecule has 1 N–H and O–H groups in total. The predicted molar refractivity (Wildman–Crippen MR) is 79.5 cm³/mol. The molecule has 0 radical (unpaired) electrons. The molecule has 2 aliphatic heterocycles. The summed E-state index contributed by atoms with van der Waals surface area (Å²) in [6, 6.07) is 4.44. The van der Waals surface area contributed by atoms with Gasteiger partial charge in [0.05, 0.1) is 0 Å². The maximum Gasteiger partial charge on any atom is 0.133 e. The number of hydrogen-bond acceptors (Lipinski definition) is 4. The second-order valence-electron chi connectivity index (χ2n) is 5.88. The standard InChI is InChI=1S/C15H17NOS2/c1-9(2)14-15(17)10-3-5-18-12(10)7-16(14)8-13-11(15)4-6-19-13/h3-6,9,14,17H,7-8H2,1-2H3/t14-/m0/s1. The average Bonchev–Trinajstić information content (AvgIpc) is 2.96. The van der Waals surface area contributed by atoms with Gasteiger partial charge in [0.1, 0.15) is 5.60 Å². The first kappa shape index (κ1) is 12.1. The number of rotatable bonds is 1. The Bertz CT molecular complexity index is 583. The van der Waals surface area contributed by atoms with E-state index >= 15 is 0 Å². The molecule has 0 spiro atoms. The second kappa shape index (κ2) is 3.92. The van der Waals surface area contributed by atoms with Crippen LogP contribution in [-0.4, -0.2) is 16.0 Å². The number of nitrogens with zero attached hydrogens (tertiary/aromatic N) is 1. The summed E-state index contributed by atoms with van der Waals surface area (Å²) in [6.07, 6.45) is 0. The molecule has 0 saturated heterocycles. The predicted octanol–water partition coefficient (Wildman–Crippen LogP) is 3.40. The van der Waals surface area contributed by atoms with Crippen LogP contribution in [0, 0.1) is 5.92 Å². The van der Waals surface area contributed by atoms with Crippen LogP contribution in [0.5, 0.6) is 0 Å². The van der Waals surface area contributed by atoms with E-state index in [1.807, 2.05) is 0 Å². The molecule has 0 saturated carbocycles. The summed E-state index contributed by atoms with van der Waals surface area (Å²) in [5.41, 5.74) is 1.48. The number of thiophene rings is 2. The van der Waals surface area contributed by atoms with Crippen molar-refractivity contribution < 1.29 is 5.11 Å². The zero-order valence-corrected chi connectivity index (χ0v) is 12.7. The third kappa shape index (κ3) is 1.43. The van der Waals surface area contributed by atoms with E-state index in [1.165, 1.54) is 9.75 Å². The van der Waals surface area contributed by atoms with E-state index in [4.69, 9.17) is 0 Å². The summed E-state index contributed by atoms with van der Waals surface area (Å²) >= 11 is 3.55. The van der Waals surface area contributed by atoms with Crippen LogP contribution in [-0.2, 0) is 18.7 Å². The normalized spacial score (nSPS) is 32.2. The van der Waals surface area contributed by atoms with Gasteiger partial charge in [0, 0.05) is 40.0 Å². The minimum absolute atomic E-state index is 0.191. The van der Waals surface area contributed by atoms with Crippen LogP contribution in [0.15, 0.2) is 22.9 Å². The first-order valence-corrected chi connectivity index (χ1v) is 8.48. The third-order valence-corrected chi connectivity index (χ3v) is 6.27. The van der Waals surface area contributed by atoms with Crippen LogP contribution in [0.4, 0.5) is 0 Å². The quantitative estimate of drug-likeness (QED) is 0.870. The van der Waals surface area contributed by atoms with Crippen molar-refractivity contribution in [3.8, 4) is 0 Å². The van der Waals surface area contributed by atoms with Crippen molar-refractivity contribution >= 4 is 22.7 Å². The Morgan fingerprint density at radius 3 is 2.16 bits per heavy atom. The summed E-state index contributed by atoms with van der Waals surface area (Å²) in [6.45, 7) is 6.40. The van der Waals surface area contributed by atoms with Gasteiger partial charge in [-0.2, -0.15) is 0 Å². The monoisotopic (exact) mass is 291 g/mol. The lowest BCUT2D eigenvalue weighted by Crippen LogP contribution is -2.59. The van der Waals surface area contributed by atoms with Gasteiger partial charge in [0.15, 0.2) is 0 Å². The Hall–Kier alpha value is -0.680. The topological polar surface area (TPSA) is 23.5 Å². The van der Waals surface area contributed by atoms with E-state index in [0.29, 0.717) is 5.92 Å². The Morgan fingerprint density at radius 2 is 1.68 bits per heavy atom. The molecule has 19 heavy (non-hydrogen) atoms. The molecule has 2 nitrogen and oxygen atoms in total. The zero-order valence-electron chi connectivity index (χ0n) is 11.1. The molecule has 4 heteroatoms. The average molecular weight is 291 g/mol. The zero-order chi connectivity index (χ0) is 13.2. The largest absolute Gasteiger partial charge is 0.379 e. The van der Waals surface area contributed by atoms with Crippen LogP contribution in [0.1, 0.15) is 34.7 Å². The van der Waals surface area contributed by atoms with Gasteiger partial charge in [-0.05, 0) is 28.8 Å². The molecule has 2 aliphatic rings. The molecule has 100 valence electrons. The molecular weight excluding hydrogens is 274 g/mol. The highest BCUT2D eigenvalue weighted by Gasteiger charge is 2.53. The fourth-order valence-electron chi connectivity index (χ4n) is 3.86. The lowest BCUT2D eigenvalue weighted by Gasteiger charge is -2.52. The SMILES string of the molecule is CC(C)[C@@H]1N2Cc3sccc3C1(O)c1ccsc1C2. The maximum absolute atomic E-state index is 11.6. The van der Waals surface area contributed by atoms with E-state index in [1.54, 1.807) is 22.7 Å². The van der Waals surface area contributed by atoms with Gasteiger partial charge in [-0.25, -0.2) is 0 Å². The first-order chi connectivity index (χ1) is 9.12. The van der Waals surface area contributed by atoms with Gasteiger partial charge in [-0.1, -0.05) is 13.8 Å². The van der Waals surface area contributed by atoms with Crippen LogP contribution < -0.4 is 0 Å². The third-order valence-electron chi connectivity index (χ3n) is 4.46. The minimum atomic E-state index is -0.810. The Labute approximate surface area is 121 Å². The van der Waals surface area contributed by atoms with Gasteiger partial charge in [-0.15, -0.1) is 22.7 Å². The molecule has 0 unspecified atom stereocenters. The molecule has 0 fully saturated rings. The van der Waals surface area contributed by atoms with Crippen molar-refractivity contribution in [1.82, 2.24) is 4.90 Å². The van der Waals surface area contributed by atoms with E-state index in [0.717, 1.165) is 24.2 Å². The van der Waals surface area contributed by atoms with Crippen molar-refractivity contribution in [2.45, 2.75) is 38.6 Å². The van der Waals surface area contributed by atoms with Crippen molar-refractivity contribution in [2.75, 3.05) is 0 Å². The Balaban J connectivity index is 2.02. The maximum atomic E-state index is 11.6. The van der Waals surface area contributed by atoms with Gasteiger partial charge in [0.2, 0.25) is 0 Å².